The van der Waals surface area contributed by atoms with Crippen LogP contribution in [0, 0.1) is 5.92 Å². The minimum absolute atomic E-state index is 0.0101. The molecule has 1 atom stereocenters. The molecule has 0 saturated heterocycles. The molecule has 0 rings (SSSR count). The average molecular weight is 696 g/mol. The summed E-state index contributed by atoms with van der Waals surface area (Å²) in [5, 5.41) is 9.04. The molecule has 0 radical (unpaired) electrons. The zero-order chi connectivity index (χ0) is 35.9. The molecular formula is C43H85NO5. The Kier molecular flexibility index (Phi) is 38.7. The smallest absolute Gasteiger partial charge is 0.305 e. The van der Waals surface area contributed by atoms with Crippen LogP contribution in [0.5, 0.6) is 0 Å². The number of ether oxygens (including phenoxy) is 2. The fourth-order valence-electron chi connectivity index (χ4n) is 6.85. The van der Waals surface area contributed by atoms with Gasteiger partial charge in [0.05, 0.1) is 26.4 Å². The lowest BCUT2D eigenvalue weighted by Crippen LogP contribution is -2.35. The van der Waals surface area contributed by atoms with Gasteiger partial charge >= 0.3 is 5.97 Å². The summed E-state index contributed by atoms with van der Waals surface area (Å²) >= 11 is 0. The quantitative estimate of drug-likeness (QED) is 0.0510. The molecule has 0 aromatic heterocycles. The molecule has 0 heterocycles. The lowest BCUT2D eigenvalue weighted by Gasteiger charge is -2.23. The Hall–Kier alpha value is -1.14. The molecule has 0 aliphatic rings. The first-order valence-corrected chi connectivity index (χ1v) is 21.7. The number of hydrogen-bond acceptors (Lipinski definition) is 5. The summed E-state index contributed by atoms with van der Waals surface area (Å²) < 4.78 is 10.9. The van der Waals surface area contributed by atoms with Crippen LogP contribution in [0.15, 0.2) is 0 Å². The van der Waals surface area contributed by atoms with Gasteiger partial charge in [-0.2, -0.15) is 0 Å². The molecule has 1 unspecified atom stereocenters. The van der Waals surface area contributed by atoms with Crippen LogP contribution in [0.2, 0.25) is 0 Å². The van der Waals surface area contributed by atoms with E-state index in [9.17, 15) is 9.59 Å². The molecule has 1 amide bonds. The fourth-order valence-corrected chi connectivity index (χ4v) is 6.85. The molecule has 0 saturated carbocycles. The van der Waals surface area contributed by atoms with E-state index in [4.69, 9.17) is 14.6 Å². The van der Waals surface area contributed by atoms with Gasteiger partial charge in [-0.25, -0.2) is 0 Å². The molecule has 0 aliphatic carbocycles. The van der Waals surface area contributed by atoms with Gasteiger partial charge in [0.2, 0.25) is 5.91 Å². The molecule has 49 heavy (non-hydrogen) atoms. The number of carbonyl (C=O) groups is 2. The number of carbonyl (C=O) groups excluding carboxylic acids is 2. The second kappa shape index (κ2) is 39.6. The average Bonchev–Trinajstić information content (AvgIpc) is 3.10. The maximum absolute atomic E-state index is 13.1. The standard InChI is InChI=1S/C43H85NO5/c1-4-7-10-13-15-20-27-34-43(47)49-38-29-22-21-28-35-44(36-39-48-40-37-45)42(46)33-26-19-16-18-25-32-41(30-23-12-9-6-3)31-24-17-14-11-8-5-2/h41,45H,4-40H2,1-3H3. The number of nitrogens with zero attached hydrogens (tertiary/aromatic N) is 1. The van der Waals surface area contributed by atoms with Crippen molar-refractivity contribution in [3.63, 3.8) is 0 Å². The minimum atomic E-state index is -0.0568. The van der Waals surface area contributed by atoms with Crippen LogP contribution in [0.25, 0.3) is 0 Å². The Morgan fingerprint density at radius 1 is 0.490 bits per heavy atom. The molecule has 0 bridgehead atoms. The van der Waals surface area contributed by atoms with E-state index in [1.54, 1.807) is 0 Å². The van der Waals surface area contributed by atoms with E-state index < -0.39 is 0 Å². The van der Waals surface area contributed by atoms with E-state index in [1.807, 2.05) is 4.90 Å². The van der Waals surface area contributed by atoms with Gasteiger partial charge in [0.1, 0.15) is 0 Å². The van der Waals surface area contributed by atoms with E-state index >= 15 is 0 Å². The van der Waals surface area contributed by atoms with E-state index in [1.165, 1.54) is 135 Å². The second-order valence-corrected chi connectivity index (χ2v) is 14.8. The van der Waals surface area contributed by atoms with Crippen molar-refractivity contribution in [1.29, 1.82) is 0 Å². The summed E-state index contributed by atoms with van der Waals surface area (Å²) in [6.07, 6.45) is 37.6. The van der Waals surface area contributed by atoms with Crippen molar-refractivity contribution in [2.24, 2.45) is 5.92 Å². The van der Waals surface area contributed by atoms with Crippen LogP contribution < -0.4 is 0 Å². The van der Waals surface area contributed by atoms with Gasteiger partial charge < -0.3 is 19.5 Å². The van der Waals surface area contributed by atoms with Gasteiger partial charge in [-0.1, -0.05) is 175 Å². The number of hydrogen-bond donors (Lipinski definition) is 1. The van der Waals surface area contributed by atoms with Crippen molar-refractivity contribution >= 4 is 11.9 Å². The van der Waals surface area contributed by atoms with Crippen molar-refractivity contribution in [2.45, 2.75) is 220 Å². The minimum Gasteiger partial charge on any atom is -0.466 e. The molecular weight excluding hydrogens is 610 g/mol. The van der Waals surface area contributed by atoms with Crippen LogP contribution in [0.1, 0.15) is 220 Å². The third-order valence-electron chi connectivity index (χ3n) is 10.1. The third kappa shape index (κ3) is 35.1. The second-order valence-electron chi connectivity index (χ2n) is 14.8. The Bertz CT molecular complexity index is 687. The largest absolute Gasteiger partial charge is 0.466 e. The number of unbranched alkanes of at least 4 members (excludes halogenated alkanes) is 21. The predicted octanol–water partition coefficient (Wildman–Crippen LogP) is 12.1. The van der Waals surface area contributed by atoms with E-state index in [2.05, 4.69) is 20.8 Å². The third-order valence-corrected chi connectivity index (χ3v) is 10.1. The zero-order valence-electron chi connectivity index (χ0n) is 33.3. The van der Waals surface area contributed by atoms with Gasteiger partial charge in [0, 0.05) is 25.9 Å². The molecule has 0 aromatic carbocycles. The first-order chi connectivity index (χ1) is 24.1. The van der Waals surface area contributed by atoms with Gasteiger partial charge in [-0.05, 0) is 38.0 Å². The van der Waals surface area contributed by atoms with Crippen LogP contribution in [-0.2, 0) is 19.1 Å². The van der Waals surface area contributed by atoms with Crippen molar-refractivity contribution < 1.29 is 24.2 Å². The Morgan fingerprint density at radius 2 is 0.939 bits per heavy atom. The van der Waals surface area contributed by atoms with Crippen LogP contribution in [0.3, 0.4) is 0 Å². The van der Waals surface area contributed by atoms with Crippen LogP contribution in [-0.4, -0.2) is 61.4 Å². The van der Waals surface area contributed by atoms with Gasteiger partial charge in [0.15, 0.2) is 0 Å². The van der Waals surface area contributed by atoms with Crippen LogP contribution in [0.4, 0.5) is 0 Å². The first kappa shape index (κ1) is 47.9. The highest BCUT2D eigenvalue weighted by Gasteiger charge is 2.13. The number of amides is 1. The normalized spacial score (nSPS) is 12.0. The topological polar surface area (TPSA) is 76.1 Å². The molecule has 0 aliphatic heterocycles. The number of esters is 1. The summed E-state index contributed by atoms with van der Waals surface area (Å²) in [6.45, 7) is 9.47. The maximum Gasteiger partial charge on any atom is 0.305 e. The summed E-state index contributed by atoms with van der Waals surface area (Å²) in [4.78, 5) is 27.1. The lowest BCUT2D eigenvalue weighted by atomic mass is 9.89. The van der Waals surface area contributed by atoms with Crippen molar-refractivity contribution in [3.05, 3.63) is 0 Å². The molecule has 1 N–H and O–H groups in total. The first-order valence-electron chi connectivity index (χ1n) is 21.7. The summed E-state index contributed by atoms with van der Waals surface area (Å²) in [5.74, 6) is 1.10. The molecule has 292 valence electrons. The fraction of sp³-hybridized carbons (Fsp3) is 0.953. The number of aliphatic hydroxyl groups is 1. The highest BCUT2D eigenvalue weighted by molar-refractivity contribution is 5.76. The van der Waals surface area contributed by atoms with Gasteiger partial charge in [-0.3, -0.25) is 9.59 Å². The maximum atomic E-state index is 13.1. The Labute approximate surface area is 305 Å². The molecule has 6 nitrogen and oxygen atoms in total. The van der Waals surface area contributed by atoms with Gasteiger partial charge in [0.25, 0.3) is 0 Å². The van der Waals surface area contributed by atoms with Crippen molar-refractivity contribution in [3.8, 4) is 0 Å². The van der Waals surface area contributed by atoms with Gasteiger partial charge in [-0.15, -0.1) is 0 Å². The highest BCUT2D eigenvalue weighted by atomic mass is 16.5. The zero-order valence-corrected chi connectivity index (χ0v) is 33.3. The van der Waals surface area contributed by atoms with Crippen molar-refractivity contribution in [1.82, 2.24) is 4.90 Å². The number of rotatable bonds is 40. The van der Waals surface area contributed by atoms with E-state index in [-0.39, 0.29) is 18.5 Å². The molecule has 0 fully saturated rings. The Balaban J connectivity index is 4.18. The lowest BCUT2D eigenvalue weighted by molar-refractivity contribution is -0.144. The SMILES string of the molecule is CCCCCCCCCC(=O)OCCCCCCN(CCOCCO)C(=O)CCCCCCCC(CCCCCC)CCCCCCCC. The Morgan fingerprint density at radius 3 is 1.49 bits per heavy atom. The van der Waals surface area contributed by atoms with Crippen LogP contribution >= 0.6 is 0 Å². The van der Waals surface area contributed by atoms with E-state index in [0.717, 1.165) is 63.8 Å². The van der Waals surface area contributed by atoms with E-state index in [0.29, 0.717) is 39.2 Å². The molecule has 6 heteroatoms. The van der Waals surface area contributed by atoms with Crippen molar-refractivity contribution in [2.75, 3.05) is 39.5 Å². The highest BCUT2D eigenvalue weighted by Crippen LogP contribution is 2.24. The number of aliphatic hydroxyl groups excluding tert-OH is 1. The molecule has 0 aromatic rings. The monoisotopic (exact) mass is 696 g/mol. The summed E-state index contributed by atoms with van der Waals surface area (Å²) in [6, 6.07) is 0. The summed E-state index contributed by atoms with van der Waals surface area (Å²) in [5.41, 5.74) is 0. The predicted molar refractivity (Wildman–Crippen MR) is 209 cm³/mol. The molecule has 0 spiro atoms. The summed E-state index contributed by atoms with van der Waals surface area (Å²) in [7, 11) is 0.